The molecule has 2 aliphatic rings. The number of urea groups is 1. The number of hydrogen-bond acceptors (Lipinski definition) is 10. The summed E-state index contributed by atoms with van der Waals surface area (Å²) in [5.41, 5.74) is 7.36. The fraction of sp³-hybridized carbons (Fsp3) is 0. The fourth-order valence-electron chi connectivity index (χ4n) is 3.33. The molecule has 2 aromatic rings. The van der Waals surface area contributed by atoms with Gasteiger partial charge in [-0.2, -0.15) is 18.6 Å². The van der Waals surface area contributed by atoms with Crippen LogP contribution in [0.4, 0.5) is 27.5 Å². The highest BCUT2D eigenvalue weighted by Crippen LogP contribution is 2.18. The average Bonchev–Trinajstić information content (AvgIpc) is 2.93. The van der Waals surface area contributed by atoms with Gasteiger partial charge in [-0.15, -0.1) is 0 Å². The van der Waals surface area contributed by atoms with Gasteiger partial charge in [-0.3, -0.25) is 25.0 Å². The van der Waals surface area contributed by atoms with E-state index in [-0.39, 0.29) is 17.0 Å². The van der Waals surface area contributed by atoms with E-state index >= 15 is 0 Å². The third kappa shape index (κ3) is 7.69. The second-order valence-electron chi connectivity index (χ2n) is 8.27. The number of nitrogens with zero attached hydrogens (tertiary/aromatic N) is 2. The monoisotopic (exact) mass is 576 g/mol. The van der Waals surface area contributed by atoms with Crippen molar-refractivity contribution in [1.29, 1.82) is 0 Å². The van der Waals surface area contributed by atoms with Crippen LogP contribution in [0.5, 0.6) is 0 Å². The Morgan fingerprint density at radius 2 is 1.10 bits per heavy atom. The maximum absolute atomic E-state index is 12.4. The highest BCUT2D eigenvalue weighted by atomic mass is 32.2. The van der Waals surface area contributed by atoms with Crippen LogP contribution < -0.4 is 21.5 Å². The molecule has 14 nitrogen and oxygen atoms in total. The van der Waals surface area contributed by atoms with E-state index < -0.39 is 38.6 Å². The first-order chi connectivity index (χ1) is 19.5. The van der Waals surface area contributed by atoms with E-state index in [1.165, 1.54) is 12.2 Å². The number of nitrogens with one attached hydrogen (secondary N) is 4. The lowest BCUT2D eigenvalue weighted by Crippen LogP contribution is -2.19. The molecule has 2 amide bonds. The molecule has 0 atom stereocenters. The molecule has 0 fully saturated rings. The van der Waals surface area contributed by atoms with E-state index in [0.29, 0.717) is 22.7 Å². The molecule has 0 unspecified atom stereocenters. The number of carbonyl (C=O) groups is 4. The lowest BCUT2D eigenvalue weighted by molar-refractivity contribution is -0.134. The second-order valence-corrected chi connectivity index (χ2v) is 9.66. The third-order valence-corrected chi connectivity index (χ3v) is 6.19. The molecule has 0 heterocycles. The number of rotatable bonds is 8. The lowest BCUT2D eigenvalue weighted by Gasteiger charge is -2.10. The summed E-state index contributed by atoms with van der Waals surface area (Å²) in [5.74, 6) is -2.81. The summed E-state index contributed by atoms with van der Waals surface area (Å²) in [6.45, 7) is 0. The van der Waals surface area contributed by atoms with Gasteiger partial charge in [0, 0.05) is 11.4 Å². The van der Waals surface area contributed by atoms with Gasteiger partial charge in [-0.05, 0) is 85.0 Å². The molecular formula is C26H20N6O8S. The van der Waals surface area contributed by atoms with Gasteiger partial charge in [0.05, 0.1) is 22.8 Å². The summed E-state index contributed by atoms with van der Waals surface area (Å²) in [6.07, 6.45) is 6.86. The van der Waals surface area contributed by atoms with Crippen LogP contribution in [0.3, 0.4) is 0 Å². The topological polar surface area (TPSA) is 216 Å². The number of hydrazone groups is 2. The molecule has 2 aliphatic carbocycles. The Hall–Kier alpha value is -5.67. The van der Waals surface area contributed by atoms with Crippen molar-refractivity contribution in [3.05, 3.63) is 95.5 Å². The molecule has 4 rings (SSSR count). The third-order valence-electron chi connectivity index (χ3n) is 5.31. The number of ketones is 2. The minimum absolute atomic E-state index is 0.0962. The number of carboxylic acid groups (broad SMARTS) is 1. The SMILES string of the molecule is O=C(Nc1ccc(N/N=C2/C=CC(=O)C(C(=O)O)=C2)cc1)Nc1ccc(N/N=C2/C=CC(=O)C(S(=O)(=O)O)=C2)cc1. The molecule has 41 heavy (non-hydrogen) atoms. The normalized spacial score (nSPS) is 16.7. The van der Waals surface area contributed by atoms with Crippen molar-refractivity contribution in [3.8, 4) is 0 Å². The van der Waals surface area contributed by atoms with Crippen molar-refractivity contribution >= 4 is 67.9 Å². The zero-order valence-electron chi connectivity index (χ0n) is 20.7. The quantitative estimate of drug-likeness (QED) is 0.117. The first-order valence-corrected chi connectivity index (χ1v) is 13.0. The number of aliphatic carboxylic acids is 1. The number of anilines is 4. The highest BCUT2D eigenvalue weighted by molar-refractivity contribution is 7.91. The Morgan fingerprint density at radius 1 is 0.659 bits per heavy atom. The van der Waals surface area contributed by atoms with Gasteiger partial charge in [0.25, 0.3) is 10.1 Å². The van der Waals surface area contributed by atoms with Crippen molar-refractivity contribution in [3.63, 3.8) is 0 Å². The number of benzene rings is 2. The zero-order valence-corrected chi connectivity index (χ0v) is 21.5. The van der Waals surface area contributed by atoms with Crippen LogP contribution in [-0.2, 0) is 24.5 Å². The maximum Gasteiger partial charge on any atom is 0.339 e. The smallest absolute Gasteiger partial charge is 0.339 e. The lowest BCUT2D eigenvalue weighted by atomic mass is 10.0. The number of carboxylic acids is 1. The largest absolute Gasteiger partial charge is 0.478 e. The van der Waals surface area contributed by atoms with Gasteiger partial charge in [0.2, 0.25) is 0 Å². The highest BCUT2D eigenvalue weighted by Gasteiger charge is 2.23. The van der Waals surface area contributed by atoms with Gasteiger partial charge >= 0.3 is 12.0 Å². The zero-order chi connectivity index (χ0) is 29.6. The minimum Gasteiger partial charge on any atom is -0.478 e. The first kappa shape index (κ1) is 28.3. The number of allylic oxidation sites excluding steroid dienone is 7. The maximum atomic E-state index is 12.4. The number of hydrogen-bond donors (Lipinski definition) is 6. The Balaban J connectivity index is 1.29. The van der Waals surface area contributed by atoms with E-state index in [9.17, 15) is 27.6 Å². The van der Waals surface area contributed by atoms with Gasteiger partial charge in [0.1, 0.15) is 10.5 Å². The Bertz CT molecular complexity index is 1720. The van der Waals surface area contributed by atoms with Crippen molar-refractivity contribution in [1.82, 2.24) is 0 Å². The molecule has 6 N–H and O–H groups in total. The Kier molecular flexibility index (Phi) is 8.31. The second kappa shape index (κ2) is 12.0. The summed E-state index contributed by atoms with van der Waals surface area (Å²) in [4.78, 5) is 45.8. The molecule has 0 aromatic heterocycles. The van der Waals surface area contributed by atoms with Crippen LogP contribution in [0, 0.1) is 0 Å². The molecule has 208 valence electrons. The molecule has 0 spiro atoms. The van der Waals surface area contributed by atoms with Crippen molar-refractivity contribution in [2.75, 3.05) is 21.5 Å². The van der Waals surface area contributed by atoms with E-state index in [1.54, 1.807) is 48.5 Å². The molecular weight excluding hydrogens is 556 g/mol. The van der Waals surface area contributed by atoms with Crippen LogP contribution >= 0.6 is 0 Å². The van der Waals surface area contributed by atoms with Crippen LogP contribution in [-0.4, -0.2) is 53.1 Å². The molecule has 0 radical (unpaired) electrons. The van der Waals surface area contributed by atoms with Crippen molar-refractivity contribution in [2.45, 2.75) is 0 Å². The Morgan fingerprint density at radius 3 is 1.56 bits per heavy atom. The molecule has 0 bridgehead atoms. The van der Waals surface area contributed by atoms with Crippen molar-refractivity contribution in [2.24, 2.45) is 10.2 Å². The standard InChI is InChI=1S/C26H20N6O8S/c33-22-11-9-19(13-21(22)25(35)36)31-29-17-5-1-15(2-6-17)27-26(37)28-16-3-7-18(8-4-16)30-32-20-10-12-23(34)24(14-20)41(38,39)40/h1-14,29-30H,(H,35,36)(H2,27,28,37)(H,38,39,40)/b31-19-,32-20-. The van der Waals surface area contributed by atoms with E-state index in [1.807, 2.05) is 0 Å². The fourth-order valence-corrected chi connectivity index (χ4v) is 3.92. The van der Waals surface area contributed by atoms with Crippen LogP contribution in [0.15, 0.2) is 106 Å². The predicted octanol–water partition coefficient (Wildman–Crippen LogP) is 2.93. The number of carbonyl (C=O) groups excluding carboxylic acids is 3. The summed E-state index contributed by atoms with van der Waals surface area (Å²) in [6, 6.07) is 12.3. The van der Waals surface area contributed by atoms with Crippen LogP contribution in [0.25, 0.3) is 0 Å². The van der Waals surface area contributed by atoms with E-state index in [2.05, 4.69) is 31.7 Å². The summed E-state index contributed by atoms with van der Waals surface area (Å²) in [5, 5.41) is 22.4. The first-order valence-electron chi connectivity index (χ1n) is 11.5. The van der Waals surface area contributed by atoms with Crippen molar-refractivity contribution < 1.29 is 37.3 Å². The van der Waals surface area contributed by atoms with Crippen LogP contribution in [0.1, 0.15) is 0 Å². The van der Waals surface area contributed by atoms with E-state index in [4.69, 9.17) is 9.66 Å². The summed E-state index contributed by atoms with van der Waals surface area (Å²) >= 11 is 0. The molecule has 0 aliphatic heterocycles. The summed E-state index contributed by atoms with van der Waals surface area (Å²) < 4.78 is 31.7. The Labute approximate surface area is 232 Å². The van der Waals surface area contributed by atoms with Gasteiger partial charge < -0.3 is 15.7 Å². The summed E-state index contributed by atoms with van der Waals surface area (Å²) in [7, 11) is -4.68. The molecule has 0 saturated heterocycles. The predicted molar refractivity (Wildman–Crippen MR) is 151 cm³/mol. The molecule has 0 saturated carbocycles. The number of amides is 2. The van der Waals surface area contributed by atoms with Gasteiger partial charge in [0.15, 0.2) is 11.6 Å². The van der Waals surface area contributed by atoms with E-state index in [0.717, 1.165) is 24.3 Å². The molecule has 2 aromatic carbocycles. The van der Waals surface area contributed by atoms with Gasteiger partial charge in [-0.25, -0.2) is 9.59 Å². The minimum atomic E-state index is -4.68. The molecule has 15 heteroatoms. The average molecular weight is 577 g/mol. The van der Waals surface area contributed by atoms with Crippen LogP contribution in [0.2, 0.25) is 0 Å². The van der Waals surface area contributed by atoms with Gasteiger partial charge in [-0.1, -0.05) is 0 Å².